The third-order valence-corrected chi connectivity index (χ3v) is 8.85. The van der Waals surface area contributed by atoms with Crippen molar-refractivity contribution >= 4 is 0 Å². The molecule has 43 heavy (non-hydrogen) atoms. The Bertz CT molecular complexity index is 1560. The molecule has 3 heterocycles. The van der Waals surface area contributed by atoms with Gasteiger partial charge in [0.2, 0.25) is 5.88 Å². The number of rotatable bonds is 9. The Kier molecular flexibility index (Phi) is 8.76. The molecule has 0 unspecified atom stereocenters. The Labute approximate surface area is 252 Å². The Morgan fingerprint density at radius 3 is 2.56 bits per heavy atom. The van der Waals surface area contributed by atoms with Gasteiger partial charge in [-0.2, -0.15) is 9.78 Å². The first-order chi connectivity index (χ1) is 20.9. The first kappa shape index (κ1) is 29.3. The van der Waals surface area contributed by atoms with Crippen molar-refractivity contribution in [1.29, 1.82) is 0 Å². The molecule has 1 saturated carbocycles. The van der Waals surface area contributed by atoms with Gasteiger partial charge in [0.05, 0.1) is 30.7 Å². The van der Waals surface area contributed by atoms with Crippen LogP contribution >= 0.6 is 0 Å². The van der Waals surface area contributed by atoms with Gasteiger partial charge in [0.15, 0.2) is 12.1 Å². The molecular formula is C34H40N4O5. The molecule has 0 spiro atoms. The molecule has 6 rings (SSSR count). The smallest absolute Gasteiger partial charge is 0.226 e. The highest BCUT2D eigenvalue weighted by molar-refractivity contribution is 5.69. The van der Waals surface area contributed by atoms with E-state index in [1.54, 1.807) is 6.07 Å². The van der Waals surface area contributed by atoms with Gasteiger partial charge in [0, 0.05) is 31.8 Å². The summed E-state index contributed by atoms with van der Waals surface area (Å²) in [5.74, 6) is 1.49. The van der Waals surface area contributed by atoms with Crippen molar-refractivity contribution in [3.05, 3.63) is 88.6 Å². The predicted octanol–water partition coefficient (Wildman–Crippen LogP) is 5.13. The van der Waals surface area contributed by atoms with E-state index in [4.69, 9.17) is 19.2 Å². The molecule has 0 radical (unpaired) electrons. The maximum Gasteiger partial charge on any atom is 0.226 e. The van der Waals surface area contributed by atoms with E-state index < -0.39 is 6.29 Å². The highest BCUT2D eigenvalue weighted by Crippen LogP contribution is 2.35. The van der Waals surface area contributed by atoms with Crippen molar-refractivity contribution in [2.75, 3.05) is 20.8 Å². The van der Waals surface area contributed by atoms with E-state index >= 15 is 0 Å². The number of methoxy groups -OCH3 is 2. The lowest BCUT2D eigenvalue weighted by Crippen LogP contribution is -2.42. The number of hydrogen-bond acceptors (Lipinski definition) is 8. The van der Waals surface area contributed by atoms with Gasteiger partial charge in [-0.05, 0) is 79.5 Å². The van der Waals surface area contributed by atoms with Crippen LogP contribution in [0, 0.1) is 6.92 Å². The summed E-state index contributed by atoms with van der Waals surface area (Å²) in [7, 11) is 3.29. The molecule has 0 atom stereocenters. The second kappa shape index (κ2) is 12.9. The van der Waals surface area contributed by atoms with Gasteiger partial charge in [0.1, 0.15) is 12.4 Å². The lowest BCUT2D eigenvalue weighted by molar-refractivity contribution is -0.0439. The second-order valence-electron chi connectivity index (χ2n) is 11.5. The number of aliphatic hydroxyl groups excluding tert-OH is 1. The van der Waals surface area contributed by atoms with E-state index in [1.165, 1.54) is 42.0 Å². The fraction of sp³-hybridized carbons (Fsp3) is 0.412. The Morgan fingerprint density at radius 2 is 1.79 bits per heavy atom. The Morgan fingerprint density at radius 1 is 0.977 bits per heavy atom. The summed E-state index contributed by atoms with van der Waals surface area (Å²) in [6.07, 6.45) is 5.92. The molecule has 2 aromatic heterocycles. The van der Waals surface area contributed by atoms with E-state index in [-0.39, 0.29) is 11.4 Å². The zero-order chi connectivity index (χ0) is 29.9. The summed E-state index contributed by atoms with van der Waals surface area (Å²) < 4.78 is 18.9. The molecule has 2 N–H and O–H groups in total. The summed E-state index contributed by atoms with van der Waals surface area (Å²) in [4.78, 5) is 7.49. The molecule has 1 fully saturated rings. The van der Waals surface area contributed by atoms with E-state index in [1.807, 2.05) is 44.4 Å². The van der Waals surface area contributed by atoms with Gasteiger partial charge >= 0.3 is 0 Å². The number of aromatic nitrogens is 3. The van der Waals surface area contributed by atoms with E-state index in [2.05, 4.69) is 28.2 Å². The molecule has 2 aliphatic rings. The van der Waals surface area contributed by atoms with Crippen molar-refractivity contribution in [3.8, 4) is 28.7 Å². The van der Waals surface area contributed by atoms with Crippen molar-refractivity contribution in [2.24, 2.45) is 0 Å². The van der Waals surface area contributed by atoms with Gasteiger partial charge < -0.3 is 24.4 Å². The van der Waals surface area contributed by atoms with Crippen LogP contribution in [0.2, 0.25) is 0 Å². The second-order valence-corrected chi connectivity index (χ2v) is 11.5. The molecule has 0 saturated heterocycles. The zero-order valence-corrected chi connectivity index (χ0v) is 25.1. The minimum Gasteiger partial charge on any atom is -0.488 e. The van der Waals surface area contributed by atoms with Crippen LogP contribution in [-0.2, 0) is 24.3 Å². The van der Waals surface area contributed by atoms with Crippen LogP contribution in [0.4, 0.5) is 0 Å². The lowest BCUT2D eigenvalue weighted by Gasteiger charge is -2.39. The fourth-order valence-electron chi connectivity index (χ4n) is 6.46. The number of nitrogens with zero attached hydrogens (tertiary/aromatic N) is 4. The number of fused-ring (bicyclic) bond motifs is 1. The highest BCUT2D eigenvalue weighted by Gasteiger charge is 2.28. The van der Waals surface area contributed by atoms with Gasteiger partial charge in [-0.3, -0.25) is 4.90 Å². The van der Waals surface area contributed by atoms with E-state index in [9.17, 15) is 10.2 Å². The molecule has 9 nitrogen and oxygen atoms in total. The molecule has 0 bridgehead atoms. The number of para-hydroxylation sites is 1. The van der Waals surface area contributed by atoms with Crippen molar-refractivity contribution in [2.45, 2.75) is 70.6 Å². The van der Waals surface area contributed by atoms with Crippen molar-refractivity contribution < 1.29 is 24.4 Å². The third-order valence-electron chi connectivity index (χ3n) is 8.85. The zero-order valence-electron chi connectivity index (χ0n) is 25.1. The van der Waals surface area contributed by atoms with Crippen LogP contribution in [0.15, 0.2) is 60.8 Å². The standard InChI is InChI=1S/C34H40N4O5/c1-22-6-4-7-28(30-8-5-9-31(36-30)38-33(42-3)29(19-35-38)34(39)40)32(22)43-21-23-10-11-25-20-37(17-16-24(25)18-23)26-12-14-27(41-2)15-13-26/h4-11,18-19,26-27,34,39-40H,12-17,20-21H2,1-3H3/t26-,27+. The highest BCUT2D eigenvalue weighted by atomic mass is 16.5. The molecule has 1 aliphatic carbocycles. The van der Waals surface area contributed by atoms with Crippen molar-refractivity contribution in [3.63, 3.8) is 0 Å². The normalized spacial score (nSPS) is 18.9. The van der Waals surface area contributed by atoms with E-state index in [0.717, 1.165) is 54.8 Å². The van der Waals surface area contributed by atoms with Gasteiger partial charge in [-0.1, -0.05) is 36.4 Å². The molecular weight excluding hydrogens is 544 g/mol. The van der Waals surface area contributed by atoms with Gasteiger partial charge in [-0.25, -0.2) is 4.98 Å². The lowest BCUT2D eigenvalue weighted by atomic mass is 9.89. The quantitative estimate of drug-likeness (QED) is 0.261. The van der Waals surface area contributed by atoms with E-state index in [0.29, 0.717) is 30.3 Å². The summed E-state index contributed by atoms with van der Waals surface area (Å²) in [5.41, 5.74) is 6.76. The number of benzene rings is 2. The number of ether oxygens (including phenoxy) is 3. The molecule has 226 valence electrons. The van der Waals surface area contributed by atoms with Crippen molar-refractivity contribution in [1.82, 2.24) is 19.7 Å². The maximum atomic E-state index is 9.67. The summed E-state index contributed by atoms with van der Waals surface area (Å²) in [6.45, 7) is 4.61. The largest absolute Gasteiger partial charge is 0.488 e. The fourth-order valence-corrected chi connectivity index (χ4v) is 6.46. The minimum absolute atomic E-state index is 0.168. The van der Waals surface area contributed by atoms with Crippen LogP contribution in [0.1, 0.15) is 59.8 Å². The van der Waals surface area contributed by atoms with Crippen LogP contribution in [0.5, 0.6) is 11.6 Å². The maximum absolute atomic E-state index is 9.67. The third kappa shape index (κ3) is 6.17. The SMILES string of the molecule is COc1c(C(O)O)cnn1-c1cccc(-c2cccc(C)c2OCc2ccc3c(c2)CCN([C@H]2CC[C@@H](OC)CC2)C3)n1. The topological polar surface area (TPSA) is 102 Å². The molecule has 9 heteroatoms. The van der Waals surface area contributed by atoms with Gasteiger partial charge in [-0.15, -0.1) is 0 Å². The average molecular weight is 585 g/mol. The Balaban J connectivity index is 1.18. The average Bonchev–Trinajstić information content (AvgIpc) is 3.49. The summed E-state index contributed by atoms with van der Waals surface area (Å²) >= 11 is 0. The number of hydrogen-bond donors (Lipinski definition) is 2. The molecule has 4 aromatic rings. The number of aliphatic hydroxyl groups is 2. The van der Waals surface area contributed by atoms with Crippen LogP contribution < -0.4 is 9.47 Å². The van der Waals surface area contributed by atoms with Crippen LogP contribution in [0.3, 0.4) is 0 Å². The molecule has 2 aromatic carbocycles. The molecule has 1 aliphatic heterocycles. The van der Waals surface area contributed by atoms with Crippen LogP contribution in [0.25, 0.3) is 17.1 Å². The number of aryl methyl sites for hydroxylation is 1. The summed E-state index contributed by atoms with van der Waals surface area (Å²) in [5, 5.41) is 23.6. The molecule has 0 amide bonds. The summed E-state index contributed by atoms with van der Waals surface area (Å²) in [6, 6.07) is 19.1. The van der Waals surface area contributed by atoms with Gasteiger partial charge in [0.25, 0.3) is 0 Å². The predicted molar refractivity (Wildman–Crippen MR) is 163 cm³/mol. The number of pyridine rings is 1. The minimum atomic E-state index is -1.70. The monoisotopic (exact) mass is 584 g/mol. The first-order valence-corrected chi connectivity index (χ1v) is 15.0. The Hall–Kier alpha value is -3.76. The first-order valence-electron chi connectivity index (χ1n) is 15.0. The van der Waals surface area contributed by atoms with Crippen LogP contribution in [-0.4, -0.2) is 62.8 Å².